The first-order chi connectivity index (χ1) is 4.29. The highest BCUT2D eigenvalue weighted by Crippen LogP contribution is 1.94. The second-order valence-electron chi connectivity index (χ2n) is 2.19. The third kappa shape index (κ3) is 1.88. The molecule has 1 rings (SSSR count). The van der Waals surface area contributed by atoms with Crippen molar-refractivity contribution < 1.29 is 0 Å². The van der Waals surface area contributed by atoms with Gasteiger partial charge in [-0.15, -0.1) is 0 Å². The third-order valence-corrected chi connectivity index (χ3v) is 1.24. The Morgan fingerprint density at radius 1 is 1.11 bits per heavy atom. The molecular formula is C7H11N2+. The highest BCUT2D eigenvalue weighted by Gasteiger charge is 2.10. The predicted molar refractivity (Wildman–Crippen MR) is 40.3 cm³/mol. The summed E-state index contributed by atoms with van der Waals surface area (Å²) >= 11 is 0. The smallest absolute Gasteiger partial charge is 0.197 e. The summed E-state index contributed by atoms with van der Waals surface area (Å²) in [5.41, 5.74) is 2.18. The lowest BCUT2D eigenvalue weighted by atomic mass is 10.2. The van der Waals surface area contributed by atoms with E-state index < -0.39 is 0 Å². The van der Waals surface area contributed by atoms with E-state index in [2.05, 4.69) is 9.98 Å². The minimum Gasteiger partial charge on any atom is -0.247 e. The molecule has 1 aliphatic rings. The van der Waals surface area contributed by atoms with E-state index in [0.717, 1.165) is 24.5 Å². The summed E-state index contributed by atoms with van der Waals surface area (Å²) in [6, 6.07) is 0. The molecule has 48 valence electrons. The largest absolute Gasteiger partial charge is 0.247 e. The lowest BCUT2D eigenvalue weighted by Gasteiger charge is -1.79. The Balaban J connectivity index is 2.61. The molecule has 0 aromatic heterocycles. The van der Waals surface area contributed by atoms with Crippen molar-refractivity contribution in [2.75, 3.05) is 13.1 Å². The summed E-state index contributed by atoms with van der Waals surface area (Å²) in [6.45, 7) is 5.70. The highest BCUT2D eigenvalue weighted by molar-refractivity contribution is 6.13. The van der Waals surface area contributed by atoms with Crippen LogP contribution in [-0.4, -0.2) is 24.5 Å². The van der Waals surface area contributed by atoms with Gasteiger partial charge in [0.1, 0.15) is 0 Å². The average molecular weight is 123 g/mol. The molecule has 0 atom stereocenters. The van der Waals surface area contributed by atoms with Crippen molar-refractivity contribution in [3.63, 3.8) is 0 Å². The van der Waals surface area contributed by atoms with Crippen molar-refractivity contribution in [3.8, 4) is 0 Å². The highest BCUT2D eigenvalue weighted by atomic mass is 14.8. The minimum atomic E-state index is 0.847. The molecule has 9 heavy (non-hydrogen) atoms. The summed E-state index contributed by atoms with van der Waals surface area (Å²) < 4.78 is 0. The van der Waals surface area contributed by atoms with Crippen LogP contribution in [0.25, 0.3) is 0 Å². The Morgan fingerprint density at radius 2 is 1.56 bits per heavy atom. The SMILES string of the molecule is CC1=NCCN=C(C)[CH+]1. The molecule has 2 nitrogen and oxygen atoms in total. The number of rotatable bonds is 0. The van der Waals surface area contributed by atoms with E-state index in [9.17, 15) is 0 Å². The first kappa shape index (κ1) is 6.33. The molecule has 0 aliphatic carbocycles. The number of hydrogen-bond donors (Lipinski definition) is 0. The van der Waals surface area contributed by atoms with Crippen molar-refractivity contribution in [3.05, 3.63) is 6.42 Å². The molecule has 0 amide bonds. The van der Waals surface area contributed by atoms with Gasteiger partial charge in [0.2, 0.25) is 0 Å². The summed E-state index contributed by atoms with van der Waals surface area (Å²) in [5.74, 6) is 0. The van der Waals surface area contributed by atoms with Crippen LogP contribution in [0, 0.1) is 6.42 Å². The fourth-order valence-electron chi connectivity index (χ4n) is 0.846. The van der Waals surface area contributed by atoms with Gasteiger partial charge in [0.05, 0.1) is 13.1 Å². The molecular weight excluding hydrogens is 112 g/mol. The summed E-state index contributed by atoms with van der Waals surface area (Å²) in [6.07, 6.45) is 2.01. The molecule has 0 fully saturated rings. The Morgan fingerprint density at radius 3 is 2.00 bits per heavy atom. The van der Waals surface area contributed by atoms with Gasteiger partial charge in [-0.3, -0.25) is 0 Å². The molecule has 0 aromatic carbocycles. The van der Waals surface area contributed by atoms with Gasteiger partial charge in [0.25, 0.3) is 0 Å². The molecule has 0 saturated heterocycles. The van der Waals surface area contributed by atoms with Gasteiger partial charge in [0.15, 0.2) is 17.8 Å². The topological polar surface area (TPSA) is 24.7 Å². The van der Waals surface area contributed by atoms with E-state index in [4.69, 9.17) is 0 Å². The molecule has 0 bridgehead atoms. The molecule has 0 unspecified atom stereocenters. The second kappa shape index (κ2) is 2.67. The molecule has 0 aromatic rings. The number of hydrogen-bond acceptors (Lipinski definition) is 2. The third-order valence-electron chi connectivity index (χ3n) is 1.24. The predicted octanol–water partition coefficient (Wildman–Crippen LogP) is 1.13. The lowest BCUT2D eigenvalue weighted by molar-refractivity contribution is 0.983. The van der Waals surface area contributed by atoms with Crippen LogP contribution >= 0.6 is 0 Å². The van der Waals surface area contributed by atoms with Gasteiger partial charge >= 0.3 is 0 Å². The Bertz CT molecular complexity index is 138. The van der Waals surface area contributed by atoms with Crippen LogP contribution in [0.15, 0.2) is 9.98 Å². The van der Waals surface area contributed by atoms with E-state index in [-0.39, 0.29) is 0 Å². The van der Waals surface area contributed by atoms with E-state index in [0.29, 0.717) is 0 Å². The maximum atomic E-state index is 4.22. The normalized spacial score (nSPS) is 19.3. The zero-order chi connectivity index (χ0) is 6.69. The number of aliphatic imine (C=N–C) groups is 2. The van der Waals surface area contributed by atoms with E-state index in [1.54, 1.807) is 0 Å². The van der Waals surface area contributed by atoms with Gasteiger partial charge in [-0.05, 0) is 0 Å². The van der Waals surface area contributed by atoms with Crippen molar-refractivity contribution in [2.45, 2.75) is 13.8 Å². The maximum absolute atomic E-state index is 4.22. The van der Waals surface area contributed by atoms with Crippen LogP contribution in [0.2, 0.25) is 0 Å². The fraction of sp³-hybridized carbons (Fsp3) is 0.571. The fourth-order valence-corrected chi connectivity index (χ4v) is 0.846. The van der Waals surface area contributed by atoms with Crippen LogP contribution in [0.5, 0.6) is 0 Å². The van der Waals surface area contributed by atoms with Crippen LogP contribution in [-0.2, 0) is 0 Å². The average Bonchev–Trinajstić information content (AvgIpc) is 1.93. The van der Waals surface area contributed by atoms with Crippen LogP contribution in [0.1, 0.15) is 13.8 Å². The summed E-state index contributed by atoms with van der Waals surface area (Å²) in [4.78, 5) is 8.44. The van der Waals surface area contributed by atoms with Gasteiger partial charge in [-0.25, -0.2) is 9.98 Å². The van der Waals surface area contributed by atoms with Gasteiger partial charge in [-0.1, -0.05) is 0 Å². The standard InChI is InChI=1S/C7H11N2/c1-6-5-7(2)9-4-3-8-6/h5H,3-4H2,1-2H3/q+1. The molecule has 0 radical (unpaired) electrons. The molecule has 0 N–H and O–H groups in total. The maximum Gasteiger partial charge on any atom is 0.197 e. The first-order valence-corrected chi connectivity index (χ1v) is 3.16. The van der Waals surface area contributed by atoms with E-state index in [1.165, 1.54) is 0 Å². The van der Waals surface area contributed by atoms with E-state index >= 15 is 0 Å². The Hall–Kier alpha value is -0.790. The van der Waals surface area contributed by atoms with Gasteiger partial charge in [-0.2, -0.15) is 0 Å². The van der Waals surface area contributed by atoms with Crippen LogP contribution < -0.4 is 0 Å². The second-order valence-corrected chi connectivity index (χ2v) is 2.19. The molecule has 1 heterocycles. The zero-order valence-corrected chi connectivity index (χ0v) is 5.89. The van der Waals surface area contributed by atoms with Crippen LogP contribution in [0.4, 0.5) is 0 Å². The van der Waals surface area contributed by atoms with Crippen molar-refractivity contribution in [1.82, 2.24) is 0 Å². The van der Waals surface area contributed by atoms with Crippen LogP contribution in [0.3, 0.4) is 0 Å². The zero-order valence-electron chi connectivity index (χ0n) is 5.89. The Labute approximate surface area is 55.7 Å². The van der Waals surface area contributed by atoms with Gasteiger partial charge in [0, 0.05) is 13.8 Å². The van der Waals surface area contributed by atoms with Crippen molar-refractivity contribution >= 4 is 11.4 Å². The lowest BCUT2D eigenvalue weighted by Crippen LogP contribution is -1.99. The van der Waals surface area contributed by atoms with Gasteiger partial charge < -0.3 is 0 Å². The monoisotopic (exact) mass is 123 g/mol. The first-order valence-electron chi connectivity index (χ1n) is 3.16. The van der Waals surface area contributed by atoms with E-state index in [1.807, 2.05) is 20.3 Å². The number of nitrogens with zero attached hydrogens (tertiary/aromatic N) is 2. The van der Waals surface area contributed by atoms with Crippen molar-refractivity contribution in [1.29, 1.82) is 0 Å². The molecule has 1 aliphatic heterocycles. The quantitative estimate of drug-likeness (QED) is 0.431. The minimum absolute atomic E-state index is 0.847. The summed E-state index contributed by atoms with van der Waals surface area (Å²) in [7, 11) is 0. The Kier molecular flexibility index (Phi) is 1.88. The molecule has 0 saturated carbocycles. The molecule has 2 heteroatoms. The summed E-state index contributed by atoms with van der Waals surface area (Å²) in [5, 5.41) is 0. The molecule has 0 spiro atoms. The van der Waals surface area contributed by atoms with Crippen molar-refractivity contribution in [2.24, 2.45) is 9.98 Å².